The molecule has 0 aromatic heterocycles. The first-order chi connectivity index (χ1) is 14.4. The minimum Gasteiger partial charge on any atom is -0.495 e. The lowest BCUT2D eigenvalue weighted by Crippen LogP contribution is -2.48. The number of carbonyl (C=O) groups excluding carboxylic acids is 1. The van der Waals surface area contributed by atoms with Gasteiger partial charge in [0.05, 0.1) is 17.7 Å². The van der Waals surface area contributed by atoms with Crippen LogP contribution in [0.4, 0.5) is 5.69 Å². The summed E-state index contributed by atoms with van der Waals surface area (Å²) in [5.74, 6) is 0.408. The van der Waals surface area contributed by atoms with Crippen molar-refractivity contribution < 1.29 is 17.9 Å². The van der Waals surface area contributed by atoms with Gasteiger partial charge in [-0.1, -0.05) is 19.1 Å². The van der Waals surface area contributed by atoms with Crippen molar-refractivity contribution >= 4 is 21.6 Å². The maximum atomic E-state index is 13.1. The summed E-state index contributed by atoms with van der Waals surface area (Å²) in [6, 6.07) is 13.1. The highest BCUT2D eigenvalue weighted by molar-refractivity contribution is 7.92. The van der Waals surface area contributed by atoms with Crippen molar-refractivity contribution in [3.63, 3.8) is 0 Å². The highest BCUT2D eigenvalue weighted by Gasteiger charge is 2.25. The van der Waals surface area contributed by atoms with Gasteiger partial charge in [0.25, 0.3) is 15.9 Å². The molecule has 3 rings (SSSR count). The molecule has 0 N–H and O–H groups in total. The van der Waals surface area contributed by atoms with Crippen LogP contribution in [0.15, 0.2) is 53.4 Å². The molecule has 2 aromatic carbocycles. The topological polar surface area (TPSA) is 70.2 Å². The summed E-state index contributed by atoms with van der Waals surface area (Å²) < 4.78 is 32.6. The standard InChI is InChI=1S/C22H29N3O4S/c1-4-13-24-14-16-25(17-15-24)22(26)18-9-11-19(12-10-18)30(27,28)23(2)20-7-5-6-8-21(20)29-3/h5-12H,4,13-17H2,1-3H3. The first-order valence-electron chi connectivity index (χ1n) is 10.1. The number of rotatable bonds is 7. The van der Waals surface area contributed by atoms with E-state index in [0.717, 1.165) is 26.1 Å². The minimum absolute atomic E-state index is 0.0619. The molecule has 1 aliphatic heterocycles. The Hall–Kier alpha value is -2.58. The summed E-state index contributed by atoms with van der Waals surface area (Å²) in [6.45, 7) is 6.32. The van der Waals surface area contributed by atoms with E-state index in [1.54, 1.807) is 36.4 Å². The fourth-order valence-corrected chi connectivity index (χ4v) is 4.83. The fourth-order valence-electron chi connectivity index (χ4n) is 3.62. The SMILES string of the molecule is CCCN1CCN(C(=O)c2ccc(S(=O)(=O)N(C)c3ccccc3OC)cc2)CC1. The number of amides is 1. The third kappa shape index (κ3) is 4.60. The molecule has 1 saturated heterocycles. The molecule has 0 spiro atoms. The number of hydrogen-bond acceptors (Lipinski definition) is 5. The van der Waals surface area contributed by atoms with E-state index in [1.807, 2.05) is 4.90 Å². The Morgan fingerprint density at radius 2 is 1.67 bits per heavy atom. The van der Waals surface area contributed by atoms with Crippen molar-refractivity contribution in [1.82, 2.24) is 9.80 Å². The van der Waals surface area contributed by atoms with Crippen LogP contribution in [0.1, 0.15) is 23.7 Å². The van der Waals surface area contributed by atoms with Crippen molar-refractivity contribution in [2.45, 2.75) is 18.2 Å². The molecule has 0 bridgehead atoms. The Bertz CT molecular complexity index is 968. The number of para-hydroxylation sites is 2. The highest BCUT2D eigenvalue weighted by Crippen LogP contribution is 2.30. The number of anilines is 1. The maximum Gasteiger partial charge on any atom is 0.264 e. The Balaban J connectivity index is 1.74. The number of methoxy groups -OCH3 is 1. The van der Waals surface area contributed by atoms with E-state index in [4.69, 9.17) is 4.74 Å². The number of nitrogens with zero attached hydrogens (tertiary/aromatic N) is 3. The number of benzene rings is 2. The van der Waals surface area contributed by atoms with Gasteiger partial charge in [-0.2, -0.15) is 0 Å². The van der Waals surface area contributed by atoms with E-state index < -0.39 is 10.0 Å². The zero-order chi connectivity index (χ0) is 21.7. The van der Waals surface area contributed by atoms with Gasteiger partial charge in [0.2, 0.25) is 0 Å². The summed E-state index contributed by atoms with van der Waals surface area (Å²) >= 11 is 0. The van der Waals surface area contributed by atoms with Gasteiger partial charge < -0.3 is 9.64 Å². The number of carbonyl (C=O) groups is 1. The molecule has 8 heteroatoms. The van der Waals surface area contributed by atoms with Crippen molar-refractivity contribution in [3.05, 3.63) is 54.1 Å². The molecule has 1 heterocycles. The average molecular weight is 432 g/mol. The molecular weight excluding hydrogens is 402 g/mol. The van der Waals surface area contributed by atoms with Crippen LogP contribution in [-0.4, -0.2) is 71.0 Å². The van der Waals surface area contributed by atoms with Crippen LogP contribution in [0.3, 0.4) is 0 Å². The first kappa shape index (κ1) is 22.1. The summed E-state index contributed by atoms with van der Waals surface area (Å²) in [5.41, 5.74) is 0.947. The maximum absolute atomic E-state index is 13.1. The molecule has 0 atom stereocenters. The van der Waals surface area contributed by atoms with Crippen molar-refractivity contribution in [1.29, 1.82) is 0 Å². The van der Waals surface area contributed by atoms with E-state index in [-0.39, 0.29) is 10.8 Å². The van der Waals surface area contributed by atoms with Gasteiger partial charge >= 0.3 is 0 Å². The molecule has 1 fully saturated rings. The van der Waals surface area contributed by atoms with Gasteiger partial charge in [-0.05, 0) is 49.4 Å². The van der Waals surface area contributed by atoms with E-state index in [9.17, 15) is 13.2 Å². The lowest BCUT2D eigenvalue weighted by molar-refractivity contribution is 0.0637. The fraction of sp³-hybridized carbons (Fsp3) is 0.409. The zero-order valence-electron chi connectivity index (χ0n) is 17.7. The monoisotopic (exact) mass is 431 g/mol. The van der Waals surface area contributed by atoms with Gasteiger partial charge in [0.1, 0.15) is 5.75 Å². The third-order valence-corrected chi connectivity index (χ3v) is 7.17. The van der Waals surface area contributed by atoms with Gasteiger partial charge in [0.15, 0.2) is 0 Å². The van der Waals surface area contributed by atoms with Gasteiger partial charge in [-0.15, -0.1) is 0 Å². The number of hydrogen-bond donors (Lipinski definition) is 0. The largest absolute Gasteiger partial charge is 0.495 e. The van der Waals surface area contributed by atoms with Crippen LogP contribution in [0, 0.1) is 0 Å². The summed E-state index contributed by atoms with van der Waals surface area (Å²) in [4.78, 5) is 17.1. The predicted octanol–water partition coefficient (Wildman–Crippen LogP) is 2.69. The molecular formula is C22H29N3O4S. The highest BCUT2D eigenvalue weighted by atomic mass is 32.2. The second kappa shape index (κ2) is 9.49. The minimum atomic E-state index is -3.78. The van der Waals surface area contributed by atoms with E-state index in [2.05, 4.69) is 11.8 Å². The number of ether oxygens (including phenoxy) is 1. The van der Waals surface area contributed by atoms with Crippen molar-refractivity contribution in [2.75, 3.05) is 51.2 Å². The molecule has 30 heavy (non-hydrogen) atoms. The zero-order valence-corrected chi connectivity index (χ0v) is 18.6. The van der Waals surface area contributed by atoms with Gasteiger partial charge in [-0.3, -0.25) is 14.0 Å². The Morgan fingerprint density at radius 1 is 1.03 bits per heavy atom. The van der Waals surface area contributed by atoms with E-state index in [0.29, 0.717) is 30.1 Å². The smallest absolute Gasteiger partial charge is 0.264 e. The van der Waals surface area contributed by atoms with E-state index >= 15 is 0 Å². The molecule has 1 amide bonds. The summed E-state index contributed by atoms with van der Waals surface area (Å²) in [6.07, 6.45) is 1.10. The molecule has 2 aromatic rings. The Kier molecular flexibility index (Phi) is 6.99. The van der Waals surface area contributed by atoms with Gasteiger partial charge in [0, 0.05) is 38.8 Å². The molecule has 7 nitrogen and oxygen atoms in total. The Labute approximate surface area is 178 Å². The van der Waals surface area contributed by atoms with Crippen molar-refractivity contribution in [3.8, 4) is 5.75 Å². The van der Waals surface area contributed by atoms with Crippen LogP contribution in [0.25, 0.3) is 0 Å². The molecule has 0 aliphatic carbocycles. The van der Waals surface area contributed by atoms with Crippen molar-refractivity contribution in [2.24, 2.45) is 0 Å². The first-order valence-corrected chi connectivity index (χ1v) is 11.6. The van der Waals surface area contributed by atoms with Gasteiger partial charge in [-0.25, -0.2) is 8.42 Å². The molecule has 0 saturated carbocycles. The molecule has 0 unspecified atom stereocenters. The lowest BCUT2D eigenvalue weighted by Gasteiger charge is -2.34. The Morgan fingerprint density at radius 3 is 2.27 bits per heavy atom. The second-order valence-corrected chi connectivity index (χ2v) is 9.27. The lowest BCUT2D eigenvalue weighted by atomic mass is 10.2. The van der Waals surface area contributed by atoms with Crippen LogP contribution in [0.5, 0.6) is 5.75 Å². The molecule has 162 valence electrons. The third-order valence-electron chi connectivity index (χ3n) is 5.38. The quantitative estimate of drug-likeness (QED) is 0.674. The van der Waals surface area contributed by atoms with Crippen LogP contribution < -0.4 is 9.04 Å². The average Bonchev–Trinajstić information content (AvgIpc) is 2.79. The number of piperazine rings is 1. The van der Waals surface area contributed by atoms with Crippen LogP contribution in [-0.2, 0) is 10.0 Å². The number of sulfonamides is 1. The van der Waals surface area contributed by atoms with Crippen LogP contribution in [0.2, 0.25) is 0 Å². The predicted molar refractivity (Wildman–Crippen MR) is 118 cm³/mol. The van der Waals surface area contributed by atoms with E-state index in [1.165, 1.54) is 30.6 Å². The van der Waals surface area contributed by atoms with Crippen LogP contribution >= 0.6 is 0 Å². The second-order valence-electron chi connectivity index (χ2n) is 7.30. The molecule has 0 radical (unpaired) electrons. The summed E-state index contributed by atoms with van der Waals surface area (Å²) in [5, 5.41) is 0. The molecule has 1 aliphatic rings. The normalized spacial score (nSPS) is 15.1. The summed E-state index contributed by atoms with van der Waals surface area (Å²) in [7, 11) is -0.794.